The van der Waals surface area contributed by atoms with Gasteiger partial charge < -0.3 is 4.74 Å². The van der Waals surface area contributed by atoms with Crippen LogP contribution in [0, 0.1) is 0 Å². The number of nitrogens with one attached hydrogen (secondary N) is 1. The second-order valence-electron chi connectivity index (χ2n) is 5.95. The average molecular weight is 489 g/mol. The number of amides is 1. The number of sulfonamides is 1. The average Bonchev–Trinajstić information content (AvgIpc) is 2.69. The van der Waals surface area contributed by atoms with Crippen LogP contribution in [0.4, 0.5) is 0 Å². The Bertz CT molecular complexity index is 980. The van der Waals surface area contributed by atoms with E-state index >= 15 is 0 Å². The number of halogens is 1. The Morgan fingerprint density at radius 1 is 1.14 bits per heavy atom. The van der Waals surface area contributed by atoms with Gasteiger partial charge in [-0.05, 0) is 48.5 Å². The van der Waals surface area contributed by atoms with Crippen molar-refractivity contribution in [3.8, 4) is 11.5 Å². The fourth-order valence-corrected chi connectivity index (χ4v) is 6.03. The van der Waals surface area contributed by atoms with Gasteiger partial charge in [0, 0.05) is 33.3 Å². The van der Waals surface area contributed by atoms with Crippen molar-refractivity contribution in [3.63, 3.8) is 0 Å². The number of benzene rings is 2. The third-order valence-electron chi connectivity index (χ3n) is 4.12. The van der Waals surface area contributed by atoms with E-state index in [4.69, 9.17) is 9.94 Å². The smallest absolute Gasteiger partial charge is 0.262 e. The Hall–Kier alpha value is -1.79. The summed E-state index contributed by atoms with van der Waals surface area (Å²) >= 11 is 3.33. The lowest BCUT2D eigenvalue weighted by Gasteiger charge is -2.32. The van der Waals surface area contributed by atoms with E-state index in [1.54, 1.807) is 12.1 Å². The maximum absolute atomic E-state index is 13.0. The van der Waals surface area contributed by atoms with Gasteiger partial charge in [0.1, 0.15) is 17.5 Å². The Morgan fingerprint density at radius 3 is 2.29 bits per heavy atom. The zero-order valence-corrected chi connectivity index (χ0v) is 17.7. The van der Waals surface area contributed by atoms with Crippen LogP contribution < -0.4 is 10.2 Å². The van der Waals surface area contributed by atoms with E-state index < -0.39 is 32.8 Å². The molecular formula is C17H17BrN2O6S2. The van der Waals surface area contributed by atoms with Gasteiger partial charge in [0.15, 0.2) is 0 Å². The molecule has 1 heterocycles. The number of hydrogen-bond donors (Lipinski definition) is 2. The third kappa shape index (κ3) is 4.61. The van der Waals surface area contributed by atoms with Crippen LogP contribution in [-0.2, 0) is 25.6 Å². The van der Waals surface area contributed by atoms with Gasteiger partial charge in [-0.3, -0.25) is 14.2 Å². The summed E-state index contributed by atoms with van der Waals surface area (Å²) in [4.78, 5) is 11.8. The zero-order valence-electron chi connectivity index (χ0n) is 14.4. The molecule has 0 saturated carbocycles. The van der Waals surface area contributed by atoms with E-state index in [0.29, 0.717) is 11.5 Å². The molecule has 150 valence electrons. The van der Waals surface area contributed by atoms with Crippen molar-refractivity contribution in [2.45, 2.75) is 10.9 Å². The molecule has 0 spiro atoms. The van der Waals surface area contributed by atoms with Gasteiger partial charge >= 0.3 is 0 Å². The minimum absolute atomic E-state index is 0.0286. The van der Waals surface area contributed by atoms with Gasteiger partial charge in [0.2, 0.25) is 10.0 Å². The summed E-state index contributed by atoms with van der Waals surface area (Å²) in [5.74, 6) is 0.0877. The molecule has 2 unspecified atom stereocenters. The lowest BCUT2D eigenvalue weighted by Crippen LogP contribution is -2.55. The Labute approximate surface area is 173 Å². The highest BCUT2D eigenvalue weighted by Crippen LogP contribution is 2.27. The van der Waals surface area contributed by atoms with E-state index in [1.807, 2.05) is 12.1 Å². The molecule has 2 aromatic rings. The van der Waals surface area contributed by atoms with Gasteiger partial charge in [0.05, 0.1) is 4.90 Å². The van der Waals surface area contributed by atoms with Crippen LogP contribution in [0.1, 0.15) is 0 Å². The summed E-state index contributed by atoms with van der Waals surface area (Å²) in [7, 11) is -5.35. The first kappa shape index (κ1) is 20.9. The molecule has 1 fully saturated rings. The first-order valence-corrected chi connectivity index (χ1v) is 11.9. The monoisotopic (exact) mass is 488 g/mol. The van der Waals surface area contributed by atoms with Crippen molar-refractivity contribution >= 4 is 42.7 Å². The zero-order chi connectivity index (χ0) is 20.3. The van der Waals surface area contributed by atoms with Crippen molar-refractivity contribution < 1.29 is 27.4 Å². The van der Waals surface area contributed by atoms with Gasteiger partial charge in [-0.1, -0.05) is 15.9 Å². The van der Waals surface area contributed by atoms with E-state index in [9.17, 15) is 17.4 Å². The molecular weight excluding hydrogens is 472 g/mol. The van der Waals surface area contributed by atoms with Crippen LogP contribution in [0.5, 0.6) is 11.5 Å². The van der Waals surface area contributed by atoms with Crippen molar-refractivity contribution in [3.05, 3.63) is 53.0 Å². The summed E-state index contributed by atoms with van der Waals surface area (Å²) in [5, 5.41) is 8.88. The molecule has 2 atom stereocenters. The van der Waals surface area contributed by atoms with Gasteiger partial charge in [-0.15, -0.1) is 0 Å². The maximum Gasteiger partial charge on any atom is 0.262 e. The van der Waals surface area contributed by atoms with Crippen LogP contribution in [0.3, 0.4) is 0 Å². The lowest BCUT2D eigenvalue weighted by molar-refractivity contribution is -0.132. The standard InChI is InChI=1S/C17H17BrN2O6S2/c18-12-1-3-13(4-2-12)26-14-5-7-15(8-6-14)28(24,25)20-9-10-27(23)11-16(20)17(21)19-22/h1-8,16,22H,9-11H2,(H,19,21). The normalized spacial score (nSPS) is 20.5. The van der Waals surface area contributed by atoms with Crippen molar-refractivity contribution in [2.75, 3.05) is 18.1 Å². The molecule has 1 amide bonds. The number of hydrogen-bond acceptors (Lipinski definition) is 6. The van der Waals surface area contributed by atoms with Crippen molar-refractivity contribution in [1.29, 1.82) is 0 Å². The van der Waals surface area contributed by atoms with Crippen LogP contribution in [0.25, 0.3) is 0 Å². The minimum Gasteiger partial charge on any atom is -0.457 e. The van der Waals surface area contributed by atoms with Crippen LogP contribution in [-0.4, -0.2) is 52.1 Å². The lowest BCUT2D eigenvalue weighted by atomic mass is 10.3. The van der Waals surface area contributed by atoms with Crippen LogP contribution >= 0.6 is 15.9 Å². The number of carbonyl (C=O) groups excluding carboxylic acids is 1. The highest BCUT2D eigenvalue weighted by molar-refractivity contribution is 9.10. The number of rotatable bonds is 5. The molecule has 28 heavy (non-hydrogen) atoms. The van der Waals surface area contributed by atoms with E-state index in [2.05, 4.69) is 15.9 Å². The number of nitrogens with zero attached hydrogens (tertiary/aromatic N) is 1. The molecule has 11 heteroatoms. The predicted molar refractivity (Wildman–Crippen MR) is 106 cm³/mol. The van der Waals surface area contributed by atoms with Gasteiger partial charge in [-0.25, -0.2) is 13.9 Å². The third-order valence-corrected chi connectivity index (χ3v) is 7.90. The van der Waals surface area contributed by atoms with Crippen molar-refractivity contribution in [2.24, 2.45) is 0 Å². The Morgan fingerprint density at radius 2 is 1.71 bits per heavy atom. The topological polar surface area (TPSA) is 113 Å². The summed E-state index contributed by atoms with van der Waals surface area (Å²) in [6, 6.07) is 11.7. The molecule has 8 nitrogen and oxygen atoms in total. The SMILES string of the molecule is O=C(NO)C1CS(=O)CCN1S(=O)(=O)c1ccc(Oc2ccc(Br)cc2)cc1. The summed E-state index contributed by atoms with van der Waals surface area (Å²) < 4.78 is 45.2. The van der Waals surface area contributed by atoms with E-state index in [0.717, 1.165) is 8.78 Å². The highest BCUT2D eigenvalue weighted by atomic mass is 79.9. The fourth-order valence-electron chi connectivity index (χ4n) is 2.71. The van der Waals surface area contributed by atoms with Crippen LogP contribution in [0.15, 0.2) is 57.9 Å². The molecule has 1 saturated heterocycles. The summed E-state index contributed by atoms with van der Waals surface area (Å²) in [6.45, 7) is -0.0792. The quantitative estimate of drug-likeness (QED) is 0.490. The van der Waals surface area contributed by atoms with E-state index in [1.165, 1.54) is 29.7 Å². The molecule has 0 aromatic heterocycles. The van der Waals surface area contributed by atoms with E-state index in [-0.39, 0.29) is 22.9 Å². The molecule has 0 radical (unpaired) electrons. The predicted octanol–water partition coefficient (Wildman–Crippen LogP) is 1.87. The Balaban J connectivity index is 1.82. The first-order valence-electron chi connectivity index (χ1n) is 8.15. The molecule has 1 aliphatic heterocycles. The second kappa shape index (κ2) is 8.70. The molecule has 1 aliphatic rings. The first-order chi connectivity index (χ1) is 13.3. The largest absolute Gasteiger partial charge is 0.457 e. The van der Waals surface area contributed by atoms with Crippen LogP contribution in [0.2, 0.25) is 0 Å². The van der Waals surface area contributed by atoms with Gasteiger partial charge in [0.25, 0.3) is 5.91 Å². The molecule has 2 N–H and O–H groups in total. The van der Waals surface area contributed by atoms with Crippen molar-refractivity contribution in [1.82, 2.24) is 9.79 Å². The number of ether oxygens (including phenoxy) is 1. The summed E-state index contributed by atoms with van der Waals surface area (Å²) in [6.07, 6.45) is 0. The molecule has 2 aromatic carbocycles. The molecule has 0 bridgehead atoms. The maximum atomic E-state index is 13.0. The highest BCUT2D eigenvalue weighted by Gasteiger charge is 2.40. The molecule has 0 aliphatic carbocycles. The Kier molecular flexibility index (Phi) is 6.50. The van der Waals surface area contributed by atoms with Gasteiger partial charge in [-0.2, -0.15) is 4.31 Å². The number of hydroxylamine groups is 1. The minimum atomic E-state index is -4.02. The number of carbonyl (C=O) groups is 1. The second-order valence-corrected chi connectivity index (χ2v) is 10.4. The molecule has 3 rings (SSSR count). The fraction of sp³-hybridized carbons (Fsp3) is 0.235. The summed E-state index contributed by atoms with van der Waals surface area (Å²) in [5.41, 5.74) is 1.45.